The van der Waals surface area contributed by atoms with Crippen LogP contribution < -0.4 is 0 Å². The molecule has 1 spiro atoms. The standard InChI is InChI=1S/C32H50N2O6/c1-7-31-16-11-10-14-21-39-28(38)24(31)23-26(36)33(18-12-8-9-13-20-35)25-27(37)34(19-15-17-32(23,25)40-31)30(5,6)22-29(2,3)4/h11,15-17,23-25,35H,7-10,12-14,18-22H2,1-6H3/b16-11-/t23-,24-,25?,31+,32-/m0/s1. The van der Waals surface area contributed by atoms with Crippen LogP contribution in [0.3, 0.4) is 0 Å². The molecule has 8 heteroatoms. The molecule has 4 heterocycles. The van der Waals surface area contributed by atoms with Gasteiger partial charge in [-0.2, -0.15) is 0 Å². The van der Waals surface area contributed by atoms with Crippen LogP contribution in [0.15, 0.2) is 24.3 Å². The Morgan fingerprint density at radius 2 is 1.70 bits per heavy atom. The third kappa shape index (κ3) is 5.50. The van der Waals surface area contributed by atoms with E-state index in [2.05, 4.69) is 34.6 Å². The molecule has 2 amide bonds. The van der Waals surface area contributed by atoms with Crippen LogP contribution in [0.5, 0.6) is 0 Å². The van der Waals surface area contributed by atoms with Crippen LogP contribution in [-0.4, -0.2) is 81.8 Å². The first kappa shape index (κ1) is 30.8. The van der Waals surface area contributed by atoms with Crippen molar-refractivity contribution >= 4 is 17.8 Å². The Hall–Kier alpha value is -2.19. The number of cyclic esters (lactones) is 1. The van der Waals surface area contributed by atoms with E-state index in [9.17, 15) is 19.5 Å². The normalized spacial score (nSPS) is 33.5. The molecule has 0 saturated carbocycles. The summed E-state index contributed by atoms with van der Waals surface area (Å²) in [5.74, 6) is -2.41. The van der Waals surface area contributed by atoms with Gasteiger partial charge in [-0.15, -0.1) is 0 Å². The number of rotatable bonds is 9. The van der Waals surface area contributed by atoms with Crippen LogP contribution >= 0.6 is 0 Å². The monoisotopic (exact) mass is 558 g/mol. The Morgan fingerprint density at radius 3 is 2.38 bits per heavy atom. The molecule has 4 aliphatic rings. The largest absolute Gasteiger partial charge is 0.465 e. The summed E-state index contributed by atoms with van der Waals surface area (Å²) in [5, 5.41) is 9.19. The van der Waals surface area contributed by atoms with Gasteiger partial charge in [0.2, 0.25) is 11.8 Å². The van der Waals surface area contributed by atoms with Gasteiger partial charge in [0, 0.05) is 25.2 Å². The summed E-state index contributed by atoms with van der Waals surface area (Å²) in [4.78, 5) is 46.4. The van der Waals surface area contributed by atoms with Gasteiger partial charge in [0.25, 0.3) is 0 Å². The lowest BCUT2D eigenvalue weighted by Crippen LogP contribution is -2.60. The fraction of sp³-hybridized carbons (Fsp3) is 0.781. The van der Waals surface area contributed by atoms with Crippen LogP contribution in [0.1, 0.15) is 92.9 Å². The summed E-state index contributed by atoms with van der Waals surface area (Å²) in [5.41, 5.74) is -2.74. The minimum absolute atomic E-state index is 0.00740. The van der Waals surface area contributed by atoms with Crippen LogP contribution in [-0.2, 0) is 23.9 Å². The molecule has 0 bridgehead atoms. The quantitative estimate of drug-likeness (QED) is 0.256. The maximum Gasteiger partial charge on any atom is 0.313 e. The third-order valence-corrected chi connectivity index (χ3v) is 9.13. The molecule has 224 valence electrons. The summed E-state index contributed by atoms with van der Waals surface area (Å²) < 4.78 is 12.7. The number of allylic oxidation sites excluding steroid dienone is 1. The van der Waals surface area contributed by atoms with Crippen molar-refractivity contribution in [2.75, 3.05) is 26.3 Å². The molecule has 5 atom stereocenters. The number of nitrogens with zero attached hydrogens (tertiary/aromatic N) is 2. The molecule has 1 unspecified atom stereocenters. The predicted molar refractivity (Wildman–Crippen MR) is 153 cm³/mol. The van der Waals surface area contributed by atoms with Crippen molar-refractivity contribution in [3.05, 3.63) is 24.3 Å². The number of hydrogen-bond donors (Lipinski definition) is 1. The second-order valence-electron chi connectivity index (χ2n) is 13.9. The Balaban J connectivity index is 1.80. The van der Waals surface area contributed by atoms with E-state index < -0.39 is 40.6 Å². The van der Waals surface area contributed by atoms with E-state index in [1.165, 1.54) is 0 Å². The fourth-order valence-electron chi connectivity index (χ4n) is 7.80. The first-order valence-electron chi connectivity index (χ1n) is 15.3. The Morgan fingerprint density at radius 1 is 0.975 bits per heavy atom. The SMILES string of the molecule is CC[C@@]12/C=C\CCCOC(=O)[C@@H]1[C@H]1C(=O)N(CCCCCCO)C3C(=O)N(C(C)(C)CC(C)(C)C)CC=C[C@@]31O2. The molecular weight excluding hydrogens is 508 g/mol. The van der Waals surface area contributed by atoms with E-state index in [1.807, 2.05) is 36.1 Å². The zero-order valence-corrected chi connectivity index (χ0v) is 25.4. The highest BCUT2D eigenvalue weighted by Gasteiger charge is 2.75. The summed E-state index contributed by atoms with van der Waals surface area (Å²) in [6, 6.07) is -0.860. The molecular formula is C32H50N2O6. The minimum atomic E-state index is -1.25. The molecule has 4 rings (SSSR count). The van der Waals surface area contributed by atoms with Gasteiger partial charge >= 0.3 is 5.97 Å². The minimum Gasteiger partial charge on any atom is -0.465 e. The molecule has 8 nitrogen and oxygen atoms in total. The number of amides is 2. The predicted octanol–water partition coefficient (Wildman–Crippen LogP) is 4.41. The van der Waals surface area contributed by atoms with Crippen molar-refractivity contribution < 1.29 is 29.0 Å². The zero-order valence-electron chi connectivity index (χ0n) is 25.4. The number of hydrogen-bond acceptors (Lipinski definition) is 6. The van der Waals surface area contributed by atoms with Crippen LogP contribution in [0.4, 0.5) is 0 Å². The van der Waals surface area contributed by atoms with E-state index >= 15 is 0 Å². The number of aliphatic hydroxyl groups is 1. The highest BCUT2D eigenvalue weighted by atomic mass is 16.6. The second-order valence-corrected chi connectivity index (χ2v) is 13.9. The fourth-order valence-corrected chi connectivity index (χ4v) is 7.80. The van der Waals surface area contributed by atoms with Gasteiger partial charge < -0.3 is 24.4 Å². The van der Waals surface area contributed by atoms with Crippen molar-refractivity contribution in [3.63, 3.8) is 0 Å². The Bertz CT molecular complexity index is 1030. The molecule has 0 aromatic carbocycles. The van der Waals surface area contributed by atoms with Crippen molar-refractivity contribution in [3.8, 4) is 0 Å². The van der Waals surface area contributed by atoms with E-state index in [1.54, 1.807) is 4.90 Å². The van der Waals surface area contributed by atoms with E-state index in [0.717, 1.165) is 32.1 Å². The molecule has 0 aliphatic carbocycles. The smallest absolute Gasteiger partial charge is 0.313 e. The van der Waals surface area contributed by atoms with Gasteiger partial charge in [-0.25, -0.2) is 0 Å². The van der Waals surface area contributed by atoms with E-state index in [-0.39, 0.29) is 23.8 Å². The number of esters is 1. The summed E-state index contributed by atoms with van der Waals surface area (Å²) in [6.45, 7) is 13.9. The maximum atomic E-state index is 14.7. The van der Waals surface area contributed by atoms with Gasteiger partial charge in [0.1, 0.15) is 23.2 Å². The second kappa shape index (κ2) is 11.6. The van der Waals surface area contributed by atoms with E-state index in [0.29, 0.717) is 39.0 Å². The molecule has 0 aromatic rings. The number of fused-ring (bicyclic) bond motifs is 2. The molecule has 1 N–H and O–H groups in total. The van der Waals surface area contributed by atoms with Gasteiger partial charge in [-0.3, -0.25) is 14.4 Å². The number of likely N-dealkylation sites (tertiary alicyclic amines) is 1. The summed E-state index contributed by atoms with van der Waals surface area (Å²) in [6.07, 6.45) is 13.8. The first-order valence-corrected chi connectivity index (χ1v) is 15.3. The van der Waals surface area contributed by atoms with Crippen LogP contribution in [0, 0.1) is 17.3 Å². The Labute approximate surface area is 240 Å². The summed E-state index contributed by atoms with van der Waals surface area (Å²) in [7, 11) is 0. The molecule has 4 aliphatic heterocycles. The van der Waals surface area contributed by atoms with Gasteiger partial charge in [0.15, 0.2) is 0 Å². The van der Waals surface area contributed by atoms with Crippen molar-refractivity contribution in [2.24, 2.45) is 17.3 Å². The summed E-state index contributed by atoms with van der Waals surface area (Å²) >= 11 is 0. The highest BCUT2D eigenvalue weighted by Crippen LogP contribution is 2.58. The van der Waals surface area contributed by atoms with Crippen molar-refractivity contribution in [1.29, 1.82) is 0 Å². The van der Waals surface area contributed by atoms with Crippen molar-refractivity contribution in [2.45, 2.75) is 116 Å². The lowest BCUT2D eigenvalue weighted by atomic mass is 9.73. The maximum absolute atomic E-state index is 14.7. The zero-order chi connectivity index (χ0) is 29.3. The number of ether oxygens (including phenoxy) is 2. The molecule has 40 heavy (non-hydrogen) atoms. The molecule has 0 radical (unpaired) electrons. The average molecular weight is 559 g/mol. The Kier molecular flexibility index (Phi) is 8.92. The molecule has 0 aromatic heterocycles. The van der Waals surface area contributed by atoms with Gasteiger partial charge in [-0.1, -0.05) is 64.8 Å². The third-order valence-electron chi connectivity index (χ3n) is 9.13. The number of unbranched alkanes of at least 4 members (excludes halogenated alkanes) is 3. The van der Waals surface area contributed by atoms with Gasteiger partial charge in [0.05, 0.1) is 12.5 Å². The number of carbonyl (C=O) groups is 3. The molecule has 2 fully saturated rings. The first-order chi connectivity index (χ1) is 18.8. The van der Waals surface area contributed by atoms with Crippen LogP contribution in [0.25, 0.3) is 0 Å². The number of carbonyl (C=O) groups excluding carboxylic acids is 3. The van der Waals surface area contributed by atoms with E-state index in [4.69, 9.17) is 9.47 Å². The molecule has 2 saturated heterocycles. The highest BCUT2D eigenvalue weighted by molar-refractivity contribution is 5.99. The van der Waals surface area contributed by atoms with Crippen LogP contribution in [0.2, 0.25) is 0 Å². The number of aliphatic hydroxyl groups excluding tert-OH is 1. The lowest BCUT2D eigenvalue weighted by molar-refractivity contribution is -0.162. The van der Waals surface area contributed by atoms with Crippen molar-refractivity contribution in [1.82, 2.24) is 9.80 Å². The van der Waals surface area contributed by atoms with Gasteiger partial charge in [-0.05, 0) is 57.8 Å². The lowest BCUT2D eigenvalue weighted by Gasteiger charge is -2.45. The topological polar surface area (TPSA) is 96.4 Å². The average Bonchev–Trinajstić information content (AvgIpc) is 3.23.